The highest BCUT2D eigenvalue weighted by atomic mass is 32.2. The Morgan fingerprint density at radius 1 is 1.25 bits per heavy atom. The summed E-state index contributed by atoms with van der Waals surface area (Å²) in [7, 11) is -3.04. The average Bonchev–Trinajstić information content (AvgIpc) is 2.06. The average molecular weight is 192 g/mol. The van der Waals surface area contributed by atoms with Crippen LogP contribution in [0.15, 0.2) is 0 Å². The van der Waals surface area contributed by atoms with Crippen LogP contribution in [-0.4, -0.2) is 32.3 Å². The fourth-order valence-electron chi connectivity index (χ4n) is 1.25. The van der Waals surface area contributed by atoms with Crippen molar-refractivity contribution in [2.75, 3.05) is 18.8 Å². The number of piperidine rings is 1. The van der Waals surface area contributed by atoms with Crippen molar-refractivity contribution in [1.82, 2.24) is 9.84 Å². The lowest BCUT2D eigenvalue weighted by atomic mass is 10.2. The summed E-state index contributed by atoms with van der Waals surface area (Å²) in [6, 6.07) is 0. The summed E-state index contributed by atoms with van der Waals surface area (Å²) in [5.41, 5.74) is 0. The molecule has 1 aliphatic heterocycles. The molecule has 0 aromatic carbocycles. The largest absolute Gasteiger partial charge is 0.231 e. The van der Waals surface area contributed by atoms with Crippen LogP contribution in [0.25, 0.3) is 0 Å². The molecule has 1 heterocycles. The maximum absolute atomic E-state index is 11.1. The van der Waals surface area contributed by atoms with E-state index in [1.54, 1.807) is 11.9 Å². The molecule has 1 N–H and O–H groups in total. The van der Waals surface area contributed by atoms with Crippen molar-refractivity contribution < 1.29 is 8.42 Å². The number of rotatable bonds is 3. The van der Waals surface area contributed by atoms with Gasteiger partial charge in [-0.05, 0) is 19.8 Å². The predicted molar refractivity (Wildman–Crippen MR) is 48.0 cm³/mol. The minimum Gasteiger partial charge on any atom is -0.231 e. The van der Waals surface area contributed by atoms with Crippen LogP contribution < -0.4 is 4.83 Å². The standard InChI is InChI=1S/C7H16N2O2S/c1-2-12(10,11)8-9-6-4-3-5-7-9/h8H,2-7H2,1H3. The molecule has 0 aromatic heterocycles. The summed E-state index contributed by atoms with van der Waals surface area (Å²) in [5, 5.41) is 1.79. The second kappa shape index (κ2) is 4.20. The number of hydrogen-bond acceptors (Lipinski definition) is 3. The zero-order valence-corrected chi connectivity index (χ0v) is 8.23. The topological polar surface area (TPSA) is 49.4 Å². The van der Waals surface area contributed by atoms with Crippen molar-refractivity contribution in [3.63, 3.8) is 0 Å². The lowest BCUT2D eigenvalue weighted by Crippen LogP contribution is -2.45. The van der Waals surface area contributed by atoms with Crippen molar-refractivity contribution >= 4 is 10.0 Å². The molecular weight excluding hydrogens is 176 g/mol. The van der Waals surface area contributed by atoms with Gasteiger partial charge in [-0.15, -0.1) is 4.83 Å². The molecule has 0 atom stereocenters. The van der Waals surface area contributed by atoms with Crippen LogP contribution in [0.3, 0.4) is 0 Å². The van der Waals surface area contributed by atoms with E-state index in [2.05, 4.69) is 4.83 Å². The number of nitrogens with zero attached hydrogens (tertiary/aromatic N) is 1. The maximum Gasteiger partial charge on any atom is 0.224 e. The van der Waals surface area contributed by atoms with E-state index in [0.29, 0.717) is 0 Å². The van der Waals surface area contributed by atoms with Gasteiger partial charge in [0.2, 0.25) is 10.0 Å². The highest BCUT2D eigenvalue weighted by Crippen LogP contribution is 2.06. The molecule has 1 aliphatic rings. The van der Waals surface area contributed by atoms with Gasteiger partial charge in [-0.1, -0.05) is 6.42 Å². The summed E-state index contributed by atoms with van der Waals surface area (Å²) in [6.45, 7) is 3.34. The molecule has 0 spiro atoms. The Hall–Kier alpha value is -0.130. The zero-order chi connectivity index (χ0) is 9.03. The highest BCUT2D eigenvalue weighted by Gasteiger charge is 2.15. The molecule has 0 saturated carbocycles. The van der Waals surface area contributed by atoms with E-state index in [0.717, 1.165) is 25.9 Å². The molecule has 1 rings (SSSR count). The van der Waals surface area contributed by atoms with Crippen LogP contribution in [-0.2, 0) is 10.0 Å². The zero-order valence-electron chi connectivity index (χ0n) is 7.41. The van der Waals surface area contributed by atoms with Gasteiger partial charge in [-0.2, -0.15) is 0 Å². The molecule has 0 unspecified atom stereocenters. The first-order valence-corrected chi connectivity index (χ1v) is 6.04. The van der Waals surface area contributed by atoms with Gasteiger partial charge in [0.05, 0.1) is 5.75 Å². The quantitative estimate of drug-likeness (QED) is 0.701. The fourth-order valence-corrected chi connectivity index (χ4v) is 1.95. The normalized spacial score (nSPS) is 21.1. The van der Waals surface area contributed by atoms with Crippen molar-refractivity contribution in [1.29, 1.82) is 0 Å². The van der Waals surface area contributed by atoms with Gasteiger partial charge in [-0.25, -0.2) is 13.4 Å². The Bertz CT molecular complexity index is 220. The minimum absolute atomic E-state index is 0.156. The van der Waals surface area contributed by atoms with Crippen LogP contribution in [0.1, 0.15) is 26.2 Å². The number of nitrogens with one attached hydrogen (secondary N) is 1. The molecule has 0 amide bonds. The van der Waals surface area contributed by atoms with Crippen LogP contribution in [0.4, 0.5) is 0 Å². The molecule has 5 heteroatoms. The monoisotopic (exact) mass is 192 g/mol. The van der Waals surface area contributed by atoms with Gasteiger partial charge in [0.1, 0.15) is 0 Å². The molecule has 0 aliphatic carbocycles. The molecule has 72 valence electrons. The van der Waals surface area contributed by atoms with E-state index in [1.165, 1.54) is 6.42 Å². The predicted octanol–water partition coefficient (Wildman–Crippen LogP) is 0.327. The molecule has 0 bridgehead atoms. The number of hydrogen-bond donors (Lipinski definition) is 1. The van der Waals surface area contributed by atoms with Crippen molar-refractivity contribution in [3.05, 3.63) is 0 Å². The fraction of sp³-hybridized carbons (Fsp3) is 1.00. The van der Waals surface area contributed by atoms with Gasteiger partial charge in [0, 0.05) is 13.1 Å². The number of sulfonamides is 1. The van der Waals surface area contributed by atoms with Crippen molar-refractivity contribution in [2.45, 2.75) is 26.2 Å². The first-order valence-electron chi connectivity index (χ1n) is 4.39. The first-order chi connectivity index (χ1) is 5.64. The summed E-state index contributed by atoms with van der Waals surface area (Å²) >= 11 is 0. The third-order valence-corrected chi connectivity index (χ3v) is 3.30. The third kappa shape index (κ3) is 3.08. The van der Waals surface area contributed by atoms with Crippen LogP contribution in [0.5, 0.6) is 0 Å². The van der Waals surface area contributed by atoms with Crippen LogP contribution in [0, 0.1) is 0 Å². The van der Waals surface area contributed by atoms with E-state index in [1.807, 2.05) is 0 Å². The lowest BCUT2D eigenvalue weighted by Gasteiger charge is -2.26. The van der Waals surface area contributed by atoms with Gasteiger partial charge in [0.25, 0.3) is 0 Å². The highest BCUT2D eigenvalue weighted by molar-refractivity contribution is 7.89. The van der Waals surface area contributed by atoms with Crippen LogP contribution >= 0.6 is 0 Å². The first kappa shape index (κ1) is 9.95. The summed E-state index contributed by atoms with van der Waals surface area (Å²) < 4.78 is 22.2. The summed E-state index contributed by atoms with van der Waals surface area (Å²) in [6.07, 6.45) is 3.39. The Labute approximate surface area is 74.0 Å². The Morgan fingerprint density at radius 3 is 2.33 bits per heavy atom. The van der Waals surface area contributed by atoms with E-state index >= 15 is 0 Å². The lowest BCUT2D eigenvalue weighted by molar-refractivity contribution is 0.200. The Morgan fingerprint density at radius 2 is 1.83 bits per heavy atom. The van der Waals surface area contributed by atoms with E-state index in [-0.39, 0.29) is 5.75 Å². The van der Waals surface area contributed by atoms with Gasteiger partial charge in [-0.3, -0.25) is 0 Å². The Balaban J connectivity index is 2.39. The Kier molecular flexibility index (Phi) is 3.49. The second-order valence-corrected chi connectivity index (χ2v) is 5.03. The summed E-state index contributed by atoms with van der Waals surface area (Å²) in [5.74, 6) is 0.156. The molecule has 1 saturated heterocycles. The SMILES string of the molecule is CCS(=O)(=O)NN1CCCCC1. The van der Waals surface area contributed by atoms with Gasteiger partial charge >= 0.3 is 0 Å². The van der Waals surface area contributed by atoms with E-state index in [9.17, 15) is 8.42 Å². The summed E-state index contributed by atoms with van der Waals surface area (Å²) in [4.78, 5) is 2.55. The van der Waals surface area contributed by atoms with Gasteiger partial charge in [0.15, 0.2) is 0 Å². The second-order valence-electron chi connectivity index (χ2n) is 3.04. The maximum atomic E-state index is 11.1. The third-order valence-electron chi connectivity index (χ3n) is 2.00. The molecule has 4 nitrogen and oxygen atoms in total. The van der Waals surface area contributed by atoms with E-state index < -0.39 is 10.0 Å². The van der Waals surface area contributed by atoms with Gasteiger partial charge < -0.3 is 0 Å². The molecule has 1 fully saturated rings. The molecular formula is C7H16N2O2S. The van der Waals surface area contributed by atoms with Crippen molar-refractivity contribution in [2.24, 2.45) is 0 Å². The smallest absolute Gasteiger partial charge is 0.224 e. The van der Waals surface area contributed by atoms with Crippen LogP contribution in [0.2, 0.25) is 0 Å². The molecule has 0 radical (unpaired) electrons. The van der Waals surface area contributed by atoms with Crippen molar-refractivity contribution in [3.8, 4) is 0 Å². The van der Waals surface area contributed by atoms with E-state index in [4.69, 9.17) is 0 Å². The molecule has 0 aromatic rings. The number of hydrazine groups is 1. The molecule has 12 heavy (non-hydrogen) atoms. The minimum atomic E-state index is -3.04.